The molecule has 2 aromatic rings. The van der Waals surface area contributed by atoms with Crippen LogP contribution in [0.1, 0.15) is 11.4 Å². The maximum Gasteiger partial charge on any atom is 2.00 e. The average molecular weight is 622 g/mol. The van der Waals surface area contributed by atoms with E-state index >= 15 is 0 Å². The Kier molecular flexibility index (Phi) is 67.5. The molecule has 2 rings (SSSR count). The molecule has 2 heterocycles. The van der Waals surface area contributed by atoms with Gasteiger partial charge < -0.3 is 62.0 Å². The maximum absolute atomic E-state index is 8.52. The summed E-state index contributed by atoms with van der Waals surface area (Å²) in [6, 6.07) is 3.72. The van der Waals surface area contributed by atoms with E-state index in [2.05, 4.69) is 19.9 Å². The van der Waals surface area contributed by atoms with Crippen molar-refractivity contribution in [3.8, 4) is 0 Å². The Morgan fingerprint density at radius 2 is 0.829 bits per heavy atom. The Balaban J connectivity index is -0.0000000229. The predicted molar refractivity (Wildman–Crippen MR) is 117 cm³/mol. The number of nitrogen functional groups attached to an aromatic ring is 2. The van der Waals surface area contributed by atoms with E-state index in [0.717, 1.165) is 11.4 Å². The van der Waals surface area contributed by atoms with Gasteiger partial charge in [-0.15, -0.1) is 0 Å². The molecule has 0 fully saturated rings. The summed E-state index contributed by atoms with van der Waals surface area (Å²) in [6.45, 7) is 3.79. The van der Waals surface area contributed by atoms with Gasteiger partial charge in [0.2, 0.25) is 0 Å². The van der Waals surface area contributed by atoms with Crippen molar-refractivity contribution in [2.45, 2.75) is 13.8 Å². The molecular formula is C10H38CoN6O16S2+6. The molecular weight excluding hydrogens is 583 g/mol. The number of aryl methyl sites for hydroxylation is 2. The maximum atomic E-state index is 8.52. The molecule has 1 radical (unpaired) electrons. The van der Waals surface area contributed by atoms with Crippen LogP contribution in [0.4, 0.5) is 11.9 Å². The van der Waals surface area contributed by atoms with E-state index in [0.29, 0.717) is 11.9 Å². The second kappa shape index (κ2) is 33.9. The van der Waals surface area contributed by atoms with Gasteiger partial charge in [-0.25, -0.2) is 9.97 Å². The first-order chi connectivity index (χ1) is 11.6. The van der Waals surface area contributed by atoms with Crippen LogP contribution in [0, 0.1) is 13.8 Å². The number of nitrogens with two attached hydrogens (primary N) is 2. The topological polar surface area (TPSA) is 528 Å². The molecule has 0 aliphatic rings. The fourth-order valence-electron chi connectivity index (χ4n) is 1.01. The van der Waals surface area contributed by atoms with Crippen LogP contribution < -0.4 is 21.4 Å². The number of nitrogens with zero attached hydrogens (tertiary/aromatic N) is 2. The molecule has 2 aromatic heterocycles. The molecule has 0 aliphatic carbocycles. The number of nitrogens with one attached hydrogen (secondary N) is 2. The molecule has 0 bridgehead atoms. The zero-order chi connectivity index (χ0) is 21.0. The fraction of sp³-hybridized carbons (Fsp3) is 0.200. The molecule has 35 heavy (non-hydrogen) atoms. The van der Waals surface area contributed by atoms with E-state index in [-0.39, 0.29) is 60.6 Å². The van der Waals surface area contributed by atoms with Crippen molar-refractivity contribution < 1.29 is 106 Å². The van der Waals surface area contributed by atoms with Gasteiger partial charge in [0, 0.05) is 32.9 Å². The number of H-pyrrole nitrogens is 2. The molecule has 0 spiro atoms. The van der Waals surface area contributed by atoms with Gasteiger partial charge in [-0.2, -0.15) is 0 Å². The van der Waals surface area contributed by atoms with Gasteiger partial charge in [0.1, 0.15) is 11.4 Å². The van der Waals surface area contributed by atoms with Gasteiger partial charge in [-0.1, -0.05) is 9.97 Å². The molecule has 25 heteroatoms. The van der Waals surface area contributed by atoms with Crippen LogP contribution in [0.3, 0.4) is 0 Å². The van der Waals surface area contributed by atoms with Crippen molar-refractivity contribution >= 4 is 32.7 Å². The molecule has 0 aliphatic heterocycles. The first-order valence-electron chi connectivity index (χ1n) is 6.13. The summed E-state index contributed by atoms with van der Waals surface area (Å²) in [5.41, 5.74) is 12.4. The summed E-state index contributed by atoms with van der Waals surface area (Å²) in [4.78, 5) is 13.3. The van der Waals surface area contributed by atoms with Crippen molar-refractivity contribution in [3.05, 3.63) is 35.9 Å². The predicted octanol–water partition coefficient (Wildman–Crippen LogP) is -10.3. The third kappa shape index (κ3) is 89.3. The van der Waals surface area contributed by atoms with Gasteiger partial charge in [0.05, 0.1) is 12.4 Å². The first kappa shape index (κ1) is 69.8. The van der Waals surface area contributed by atoms with Gasteiger partial charge >= 0.3 is 28.7 Å². The Bertz CT molecular complexity index is 768. The van der Waals surface area contributed by atoms with E-state index in [9.17, 15) is 0 Å². The molecule has 0 amide bonds. The normalized spacial score (nSPS) is 7.49. The standard InChI is InChI=1S/2C5H7N3.Co.2H2O4S.8H2O/c2*1-4-2-3-7-5(6)8-4;;2*1-5(2,3)4;;;;;;;;/h2*2-3H,1H3,(H2,6,7,8);;2*(H2,1,2,3,4);8*1H2/q;;+2;;;;;;;;;;/p+4. The molecule has 0 unspecified atom stereocenters. The van der Waals surface area contributed by atoms with Crippen LogP contribution >= 0.6 is 0 Å². The smallest absolute Gasteiger partial charge is 0.759 e. The van der Waals surface area contributed by atoms with Crippen LogP contribution in [0.15, 0.2) is 24.5 Å². The van der Waals surface area contributed by atoms with E-state index in [1.165, 1.54) is 0 Å². The summed E-state index contributed by atoms with van der Waals surface area (Å²) in [5.74, 6) is 0.926. The first-order valence-corrected chi connectivity index (χ1v) is 8.79. The number of anilines is 2. The Morgan fingerprint density at radius 3 is 0.914 bits per heavy atom. The Labute approximate surface area is 209 Å². The third-order valence-corrected chi connectivity index (χ3v) is 1.71. The van der Waals surface area contributed by atoms with Gasteiger partial charge in [0.25, 0.3) is 0 Å². The second-order valence-corrected chi connectivity index (χ2v) is 5.68. The number of hydrogen-bond donors (Lipinski definition) is 2. The largest absolute Gasteiger partial charge is 2.00 e. The quantitative estimate of drug-likeness (QED) is 0.157. The minimum Gasteiger partial charge on any atom is -0.759 e. The van der Waals surface area contributed by atoms with E-state index in [4.69, 9.17) is 46.5 Å². The number of rotatable bonds is 0. The Morgan fingerprint density at radius 1 is 0.657 bits per heavy atom. The van der Waals surface area contributed by atoms with Crippen molar-refractivity contribution in [3.63, 3.8) is 0 Å². The number of hydrogen-bond acceptors (Lipinski definition) is 12. The van der Waals surface area contributed by atoms with Crippen LogP contribution in [0.25, 0.3) is 0 Å². The number of aromatic amines is 2. The summed E-state index contributed by atoms with van der Waals surface area (Å²) >= 11 is 0. The molecule has 0 saturated heterocycles. The molecule has 219 valence electrons. The third-order valence-electron chi connectivity index (χ3n) is 1.71. The van der Waals surface area contributed by atoms with Crippen molar-refractivity contribution in [2.24, 2.45) is 0 Å². The van der Waals surface area contributed by atoms with Crippen LogP contribution in [-0.2, 0) is 70.4 Å². The van der Waals surface area contributed by atoms with Gasteiger partial charge in [-0.05, 0) is 13.8 Å². The minimum absolute atomic E-state index is 0. The molecule has 0 aromatic carbocycles. The molecule has 0 saturated carbocycles. The van der Waals surface area contributed by atoms with Crippen LogP contribution in [0.2, 0.25) is 0 Å². The summed E-state index contributed by atoms with van der Waals surface area (Å²) in [7, 11) is -10.3. The summed E-state index contributed by atoms with van der Waals surface area (Å²) in [5, 5.41) is 0. The zero-order valence-electron chi connectivity index (χ0n) is 18.2. The molecule has 22 nitrogen and oxygen atoms in total. The molecule has 28 N–H and O–H groups in total. The van der Waals surface area contributed by atoms with Gasteiger partial charge in [0.15, 0.2) is 0 Å². The van der Waals surface area contributed by atoms with E-state index in [1.54, 1.807) is 12.4 Å². The minimum atomic E-state index is -5.17. The van der Waals surface area contributed by atoms with Gasteiger partial charge in [-0.3, -0.25) is 28.3 Å². The van der Waals surface area contributed by atoms with Crippen LogP contribution in [0.5, 0.6) is 0 Å². The second-order valence-electron chi connectivity index (χ2n) is 4.05. The van der Waals surface area contributed by atoms with E-state index in [1.807, 2.05) is 26.0 Å². The summed E-state index contributed by atoms with van der Waals surface area (Å²) in [6.07, 6.45) is 3.52. The zero-order valence-corrected chi connectivity index (χ0v) is 20.9. The van der Waals surface area contributed by atoms with Crippen molar-refractivity contribution in [1.29, 1.82) is 0 Å². The molecule has 0 atom stereocenters. The van der Waals surface area contributed by atoms with Crippen LogP contribution in [-0.4, -0.2) is 56.0 Å². The van der Waals surface area contributed by atoms with E-state index < -0.39 is 20.8 Å². The fourth-order valence-corrected chi connectivity index (χ4v) is 1.01. The van der Waals surface area contributed by atoms with Crippen molar-refractivity contribution in [2.75, 3.05) is 11.5 Å². The average Bonchev–Trinajstić information content (AvgIpc) is 2.34. The SMILES string of the molecule is Cc1cc[nH+]c(N)n1.Cc1cc[nH+]c(N)n1.O.O.O=S(=O)([O-])[O-].O=S(=O)([O-])[O-].[Co+2].[OH3+].[OH3+].[OH3+].[OH3+].[OH3+].[OH3+]. The summed E-state index contributed by atoms with van der Waals surface area (Å²) < 4.78 is 68.2. The van der Waals surface area contributed by atoms with Crippen molar-refractivity contribution in [1.82, 2.24) is 9.97 Å². The monoisotopic (exact) mass is 621 g/mol. The number of aromatic nitrogens is 4. The Hall–Kier alpha value is -2.31.